The average molecular weight is 293 g/mol. The molecule has 0 fully saturated rings. The fraction of sp³-hybridized carbons (Fsp3) is 0.467. The second kappa shape index (κ2) is 8.97. The highest BCUT2D eigenvalue weighted by Crippen LogP contribution is 2.10. The van der Waals surface area contributed by atoms with Gasteiger partial charge in [0.05, 0.1) is 0 Å². The number of hydrogen-bond acceptors (Lipinski definition) is 4. The van der Waals surface area contributed by atoms with Crippen molar-refractivity contribution in [2.24, 2.45) is 0 Å². The van der Waals surface area contributed by atoms with E-state index < -0.39 is 12.0 Å². The zero-order valence-electron chi connectivity index (χ0n) is 12.5. The number of amides is 1. The summed E-state index contributed by atoms with van der Waals surface area (Å²) in [4.78, 5) is 24.0. The average Bonchev–Trinajstić information content (AvgIpc) is 2.45. The van der Waals surface area contributed by atoms with Crippen LogP contribution in [0.4, 0.5) is 5.69 Å². The molecule has 116 valence electrons. The van der Waals surface area contributed by atoms with Gasteiger partial charge in [-0.3, -0.25) is 4.79 Å². The van der Waals surface area contributed by atoms with Crippen LogP contribution in [-0.2, 0) is 9.59 Å². The number of carboxylic acid groups (broad SMARTS) is 1. The van der Waals surface area contributed by atoms with Gasteiger partial charge in [0.25, 0.3) is 0 Å². The highest BCUT2D eigenvalue weighted by molar-refractivity contribution is 5.82. The van der Waals surface area contributed by atoms with Crippen LogP contribution in [0.1, 0.15) is 13.3 Å². The number of carbonyl (C=O) groups excluding carboxylic acids is 1. The quantitative estimate of drug-likeness (QED) is 0.584. The van der Waals surface area contributed by atoms with E-state index >= 15 is 0 Å². The van der Waals surface area contributed by atoms with Crippen LogP contribution in [0.2, 0.25) is 0 Å². The Morgan fingerprint density at radius 1 is 1.29 bits per heavy atom. The zero-order chi connectivity index (χ0) is 15.7. The first-order valence-corrected chi connectivity index (χ1v) is 6.97. The third-order valence-electron chi connectivity index (χ3n) is 3.07. The van der Waals surface area contributed by atoms with Crippen molar-refractivity contribution in [2.45, 2.75) is 19.4 Å². The van der Waals surface area contributed by atoms with Crippen molar-refractivity contribution >= 4 is 17.6 Å². The van der Waals surface area contributed by atoms with Gasteiger partial charge in [0.1, 0.15) is 6.04 Å². The topological polar surface area (TPSA) is 81.7 Å². The number of carboxylic acids is 1. The molecule has 1 aromatic rings. The van der Waals surface area contributed by atoms with E-state index in [2.05, 4.69) is 15.5 Å². The molecule has 0 heterocycles. The van der Waals surface area contributed by atoms with E-state index in [0.717, 1.165) is 18.7 Å². The number of hydrogen-bond donors (Lipinski definition) is 3. The Bertz CT molecular complexity index is 451. The fourth-order valence-corrected chi connectivity index (χ4v) is 1.94. The van der Waals surface area contributed by atoms with Crippen LogP contribution in [0.15, 0.2) is 30.3 Å². The molecule has 0 aliphatic rings. The molecule has 6 nitrogen and oxygen atoms in total. The SMILES string of the molecule is CC(=O)NC(CNCCCN(C)c1ccccc1)C(=O)O. The number of nitrogens with zero attached hydrogens (tertiary/aromatic N) is 1. The second-order valence-corrected chi connectivity index (χ2v) is 4.91. The maximum atomic E-state index is 10.9. The summed E-state index contributed by atoms with van der Waals surface area (Å²) in [5.74, 6) is -1.37. The summed E-state index contributed by atoms with van der Waals surface area (Å²) >= 11 is 0. The molecule has 0 radical (unpaired) electrons. The Morgan fingerprint density at radius 2 is 1.95 bits per heavy atom. The van der Waals surface area contributed by atoms with Gasteiger partial charge in [-0.2, -0.15) is 0 Å². The van der Waals surface area contributed by atoms with Crippen LogP contribution in [-0.4, -0.2) is 49.7 Å². The van der Waals surface area contributed by atoms with Crippen molar-refractivity contribution < 1.29 is 14.7 Å². The Kier molecular flexibility index (Phi) is 7.25. The van der Waals surface area contributed by atoms with E-state index in [9.17, 15) is 9.59 Å². The van der Waals surface area contributed by atoms with E-state index in [-0.39, 0.29) is 12.5 Å². The van der Waals surface area contributed by atoms with Crippen LogP contribution in [0.5, 0.6) is 0 Å². The van der Waals surface area contributed by atoms with Crippen molar-refractivity contribution in [3.05, 3.63) is 30.3 Å². The minimum atomic E-state index is -1.03. The molecule has 0 spiro atoms. The van der Waals surface area contributed by atoms with E-state index in [1.165, 1.54) is 6.92 Å². The fourth-order valence-electron chi connectivity index (χ4n) is 1.94. The van der Waals surface area contributed by atoms with Crippen LogP contribution in [0.3, 0.4) is 0 Å². The Morgan fingerprint density at radius 3 is 2.52 bits per heavy atom. The first-order valence-electron chi connectivity index (χ1n) is 6.97. The first-order chi connectivity index (χ1) is 10.0. The van der Waals surface area contributed by atoms with Gasteiger partial charge >= 0.3 is 5.97 Å². The minimum Gasteiger partial charge on any atom is -0.480 e. The largest absolute Gasteiger partial charge is 0.480 e. The maximum absolute atomic E-state index is 10.9. The normalized spacial score (nSPS) is 11.7. The van der Waals surface area contributed by atoms with Gasteiger partial charge in [-0.25, -0.2) is 4.79 Å². The molecule has 3 N–H and O–H groups in total. The predicted molar refractivity (Wildman–Crippen MR) is 82.4 cm³/mol. The number of rotatable bonds is 9. The lowest BCUT2D eigenvalue weighted by Crippen LogP contribution is -2.46. The predicted octanol–water partition coefficient (Wildman–Crippen LogP) is 0.692. The molecule has 6 heteroatoms. The van der Waals surface area contributed by atoms with Gasteiger partial charge in [-0.1, -0.05) is 18.2 Å². The van der Waals surface area contributed by atoms with Crippen molar-refractivity contribution in [2.75, 3.05) is 31.6 Å². The molecule has 0 aromatic heterocycles. The third-order valence-corrected chi connectivity index (χ3v) is 3.07. The van der Waals surface area contributed by atoms with E-state index in [1.54, 1.807) is 0 Å². The summed E-state index contributed by atoms with van der Waals surface area (Å²) in [6.45, 7) is 3.10. The van der Waals surface area contributed by atoms with Crippen LogP contribution >= 0.6 is 0 Å². The Labute approximate surface area is 125 Å². The summed E-state index contributed by atoms with van der Waals surface area (Å²) in [6.07, 6.45) is 0.887. The molecule has 1 aromatic carbocycles. The molecular formula is C15H23N3O3. The lowest BCUT2D eigenvalue weighted by Gasteiger charge is -2.19. The Balaban J connectivity index is 2.21. The minimum absolute atomic E-state index is 0.226. The maximum Gasteiger partial charge on any atom is 0.327 e. The van der Waals surface area contributed by atoms with Crippen molar-refractivity contribution in [3.8, 4) is 0 Å². The molecular weight excluding hydrogens is 270 g/mol. The van der Waals surface area contributed by atoms with Gasteiger partial charge in [-0.05, 0) is 25.1 Å². The number of benzene rings is 1. The van der Waals surface area contributed by atoms with Crippen molar-refractivity contribution in [3.63, 3.8) is 0 Å². The summed E-state index contributed by atoms with van der Waals surface area (Å²) in [5.41, 5.74) is 1.15. The number of para-hydroxylation sites is 1. The molecule has 1 amide bonds. The van der Waals surface area contributed by atoms with Crippen LogP contribution in [0.25, 0.3) is 0 Å². The zero-order valence-corrected chi connectivity index (χ0v) is 12.5. The number of anilines is 1. The summed E-state index contributed by atoms with van der Waals surface area (Å²) < 4.78 is 0. The number of carbonyl (C=O) groups is 2. The Hall–Kier alpha value is -2.08. The standard InChI is InChI=1S/C15H23N3O3/c1-12(19)17-14(15(20)21)11-16-9-6-10-18(2)13-7-4-3-5-8-13/h3-5,7-8,14,16H,6,9-11H2,1-2H3,(H,17,19)(H,20,21). The highest BCUT2D eigenvalue weighted by Gasteiger charge is 2.17. The van der Waals surface area contributed by atoms with Crippen molar-refractivity contribution in [1.29, 1.82) is 0 Å². The molecule has 0 saturated heterocycles. The molecule has 21 heavy (non-hydrogen) atoms. The highest BCUT2D eigenvalue weighted by atomic mass is 16.4. The molecule has 1 atom stereocenters. The summed E-state index contributed by atoms with van der Waals surface area (Å²) in [7, 11) is 2.02. The monoisotopic (exact) mass is 293 g/mol. The molecule has 1 unspecified atom stereocenters. The van der Waals surface area contributed by atoms with Crippen molar-refractivity contribution in [1.82, 2.24) is 10.6 Å². The van der Waals surface area contributed by atoms with Crippen LogP contribution < -0.4 is 15.5 Å². The van der Waals surface area contributed by atoms with Gasteiger partial charge in [0.15, 0.2) is 0 Å². The molecule has 0 aliphatic carbocycles. The molecule has 1 rings (SSSR count). The smallest absolute Gasteiger partial charge is 0.327 e. The number of nitrogens with one attached hydrogen (secondary N) is 2. The number of aliphatic carboxylic acids is 1. The van der Waals surface area contributed by atoms with Gasteiger partial charge in [0, 0.05) is 32.7 Å². The summed E-state index contributed by atoms with van der Waals surface area (Å²) in [5, 5.41) is 14.4. The van der Waals surface area contributed by atoms with Gasteiger partial charge < -0.3 is 20.6 Å². The molecule has 0 aliphatic heterocycles. The van der Waals surface area contributed by atoms with Gasteiger partial charge in [-0.15, -0.1) is 0 Å². The van der Waals surface area contributed by atoms with E-state index in [0.29, 0.717) is 6.54 Å². The molecule has 0 bridgehead atoms. The molecule has 0 saturated carbocycles. The second-order valence-electron chi connectivity index (χ2n) is 4.91. The van der Waals surface area contributed by atoms with E-state index in [1.807, 2.05) is 37.4 Å². The first kappa shape index (κ1) is 17.0. The third kappa shape index (κ3) is 6.76. The van der Waals surface area contributed by atoms with E-state index in [4.69, 9.17) is 5.11 Å². The lowest BCUT2D eigenvalue weighted by molar-refractivity contribution is -0.141. The summed E-state index contributed by atoms with van der Waals surface area (Å²) in [6, 6.07) is 9.18. The van der Waals surface area contributed by atoms with Crippen LogP contribution in [0, 0.1) is 0 Å². The lowest BCUT2D eigenvalue weighted by atomic mass is 10.2. The van der Waals surface area contributed by atoms with Gasteiger partial charge in [0.2, 0.25) is 5.91 Å².